The lowest BCUT2D eigenvalue weighted by molar-refractivity contribution is -0.150. The minimum absolute atomic E-state index is 0.0206. The number of piperazine rings is 1. The van der Waals surface area contributed by atoms with E-state index in [9.17, 15) is 9.59 Å². The van der Waals surface area contributed by atoms with Crippen LogP contribution in [0.4, 0.5) is 0 Å². The fourth-order valence-corrected chi connectivity index (χ4v) is 2.11. The Bertz CT molecular complexity index is 333. The molecule has 1 aliphatic heterocycles. The highest BCUT2D eigenvalue weighted by atomic mass is 16.2. The first-order valence-electron chi connectivity index (χ1n) is 6.78. The van der Waals surface area contributed by atoms with E-state index in [1.54, 1.807) is 4.90 Å². The van der Waals surface area contributed by atoms with Gasteiger partial charge in [0.05, 0.1) is 6.54 Å². The van der Waals surface area contributed by atoms with Crippen LogP contribution >= 0.6 is 0 Å². The third-order valence-electron chi connectivity index (χ3n) is 4.11. The number of amides is 2. The molecule has 0 aliphatic carbocycles. The van der Waals surface area contributed by atoms with Crippen molar-refractivity contribution in [3.05, 3.63) is 0 Å². The molecule has 2 amide bonds. The Kier molecular flexibility index (Phi) is 4.41. The van der Waals surface area contributed by atoms with Crippen molar-refractivity contribution in [2.75, 3.05) is 6.54 Å². The lowest BCUT2D eigenvalue weighted by Gasteiger charge is -2.43. The van der Waals surface area contributed by atoms with Gasteiger partial charge in [-0.3, -0.25) is 9.59 Å². The molecule has 0 aromatic carbocycles. The van der Waals surface area contributed by atoms with Gasteiger partial charge in [-0.2, -0.15) is 0 Å². The van der Waals surface area contributed by atoms with E-state index in [-0.39, 0.29) is 41.8 Å². The van der Waals surface area contributed by atoms with Gasteiger partial charge in [-0.25, -0.2) is 0 Å². The number of carbonyl (C=O) groups is 2. The second kappa shape index (κ2) is 5.29. The second-order valence-electron chi connectivity index (χ2n) is 6.44. The van der Waals surface area contributed by atoms with Gasteiger partial charge in [-0.1, -0.05) is 41.0 Å². The summed E-state index contributed by atoms with van der Waals surface area (Å²) >= 11 is 0. The van der Waals surface area contributed by atoms with Crippen molar-refractivity contribution in [1.82, 2.24) is 10.2 Å². The molecule has 0 spiro atoms. The van der Waals surface area contributed by atoms with E-state index < -0.39 is 0 Å². The molecule has 1 fully saturated rings. The Morgan fingerprint density at radius 3 is 2.33 bits per heavy atom. The number of carbonyl (C=O) groups excluding carboxylic acids is 2. The molecule has 0 radical (unpaired) electrons. The van der Waals surface area contributed by atoms with Crippen molar-refractivity contribution >= 4 is 11.8 Å². The highest BCUT2D eigenvalue weighted by Gasteiger charge is 2.40. The van der Waals surface area contributed by atoms with E-state index in [0.717, 1.165) is 6.42 Å². The normalized spacial score (nSPS) is 24.8. The minimum atomic E-state index is -0.360. The number of rotatable bonds is 3. The van der Waals surface area contributed by atoms with Crippen molar-refractivity contribution in [2.45, 2.75) is 60.0 Å². The number of nitrogens with zero attached hydrogens (tertiary/aromatic N) is 1. The number of nitrogens with one attached hydrogen (secondary N) is 1. The van der Waals surface area contributed by atoms with Crippen molar-refractivity contribution in [3.63, 3.8) is 0 Å². The summed E-state index contributed by atoms with van der Waals surface area (Å²) in [6.45, 7) is 12.5. The molecular formula is C14H26N2O2. The first-order valence-corrected chi connectivity index (χ1v) is 6.78. The van der Waals surface area contributed by atoms with Crippen molar-refractivity contribution in [3.8, 4) is 0 Å². The van der Waals surface area contributed by atoms with Gasteiger partial charge in [0.2, 0.25) is 11.8 Å². The Balaban J connectivity index is 2.93. The lowest BCUT2D eigenvalue weighted by Crippen LogP contribution is -2.63. The van der Waals surface area contributed by atoms with E-state index in [1.807, 2.05) is 20.8 Å². The van der Waals surface area contributed by atoms with Gasteiger partial charge >= 0.3 is 0 Å². The van der Waals surface area contributed by atoms with Gasteiger partial charge in [0.1, 0.15) is 6.04 Å². The van der Waals surface area contributed by atoms with Gasteiger partial charge < -0.3 is 10.2 Å². The maximum absolute atomic E-state index is 12.5. The largest absolute Gasteiger partial charge is 0.342 e. The molecule has 104 valence electrons. The highest BCUT2D eigenvalue weighted by molar-refractivity contribution is 5.95. The van der Waals surface area contributed by atoms with Gasteiger partial charge in [0.15, 0.2) is 0 Å². The van der Waals surface area contributed by atoms with Crippen LogP contribution in [0, 0.1) is 11.3 Å². The van der Waals surface area contributed by atoms with Crippen molar-refractivity contribution < 1.29 is 9.59 Å². The molecule has 4 heteroatoms. The summed E-state index contributed by atoms with van der Waals surface area (Å²) in [6, 6.07) is -0.302. The molecule has 3 unspecified atom stereocenters. The van der Waals surface area contributed by atoms with E-state index in [1.165, 1.54) is 0 Å². The van der Waals surface area contributed by atoms with E-state index in [0.29, 0.717) is 0 Å². The molecule has 18 heavy (non-hydrogen) atoms. The molecule has 3 atom stereocenters. The predicted molar refractivity (Wildman–Crippen MR) is 72.0 cm³/mol. The first-order chi connectivity index (χ1) is 8.18. The molecule has 0 aromatic heterocycles. The summed E-state index contributed by atoms with van der Waals surface area (Å²) in [4.78, 5) is 26.0. The van der Waals surface area contributed by atoms with Crippen molar-refractivity contribution in [1.29, 1.82) is 0 Å². The molecule has 0 aromatic rings. The molecule has 1 saturated heterocycles. The van der Waals surface area contributed by atoms with Crippen LogP contribution in [0.25, 0.3) is 0 Å². The maximum Gasteiger partial charge on any atom is 0.246 e. The zero-order valence-electron chi connectivity index (χ0n) is 12.4. The van der Waals surface area contributed by atoms with Crippen LogP contribution in [0.2, 0.25) is 0 Å². The molecule has 4 nitrogen and oxygen atoms in total. The topological polar surface area (TPSA) is 49.4 Å². The Hall–Kier alpha value is -1.06. The quantitative estimate of drug-likeness (QED) is 0.835. The Labute approximate surface area is 110 Å². The summed E-state index contributed by atoms with van der Waals surface area (Å²) in [5, 5.41) is 2.82. The molecular weight excluding hydrogens is 228 g/mol. The summed E-state index contributed by atoms with van der Waals surface area (Å²) < 4.78 is 0. The second-order valence-corrected chi connectivity index (χ2v) is 6.44. The van der Waals surface area contributed by atoms with Gasteiger partial charge in [-0.05, 0) is 18.3 Å². The summed E-state index contributed by atoms with van der Waals surface area (Å²) in [7, 11) is 0. The third kappa shape index (κ3) is 3.03. The van der Waals surface area contributed by atoms with E-state index in [2.05, 4.69) is 26.1 Å². The van der Waals surface area contributed by atoms with Gasteiger partial charge in [0, 0.05) is 6.04 Å². The molecule has 1 rings (SSSR count). The number of hydrogen-bond acceptors (Lipinski definition) is 2. The zero-order chi connectivity index (χ0) is 14.1. The average Bonchev–Trinajstić information content (AvgIpc) is 2.28. The van der Waals surface area contributed by atoms with Gasteiger partial charge in [0.25, 0.3) is 0 Å². The number of hydrogen-bond donors (Lipinski definition) is 1. The van der Waals surface area contributed by atoms with E-state index >= 15 is 0 Å². The van der Waals surface area contributed by atoms with Crippen LogP contribution in [0.15, 0.2) is 0 Å². The smallest absolute Gasteiger partial charge is 0.246 e. The van der Waals surface area contributed by atoms with Crippen LogP contribution < -0.4 is 5.32 Å². The molecule has 1 aliphatic rings. The van der Waals surface area contributed by atoms with Crippen LogP contribution in [-0.4, -0.2) is 35.3 Å². The fourth-order valence-electron chi connectivity index (χ4n) is 2.11. The zero-order valence-corrected chi connectivity index (χ0v) is 12.4. The van der Waals surface area contributed by atoms with Crippen molar-refractivity contribution in [2.24, 2.45) is 11.3 Å². The fraction of sp³-hybridized carbons (Fsp3) is 0.857. The third-order valence-corrected chi connectivity index (χ3v) is 4.11. The molecule has 1 N–H and O–H groups in total. The molecule has 1 heterocycles. The van der Waals surface area contributed by atoms with Crippen LogP contribution in [0.5, 0.6) is 0 Å². The summed E-state index contributed by atoms with van der Waals surface area (Å²) in [5.74, 6) is 0.193. The SMILES string of the molecule is CCC(C)C1NC(=O)CN(C(C)C(C)(C)C)C1=O. The predicted octanol–water partition coefficient (Wildman–Crippen LogP) is 1.79. The lowest BCUT2D eigenvalue weighted by atomic mass is 9.85. The molecule has 0 saturated carbocycles. The maximum atomic E-state index is 12.5. The Morgan fingerprint density at radius 1 is 1.33 bits per heavy atom. The Morgan fingerprint density at radius 2 is 1.89 bits per heavy atom. The average molecular weight is 254 g/mol. The van der Waals surface area contributed by atoms with E-state index in [4.69, 9.17) is 0 Å². The summed E-state index contributed by atoms with van der Waals surface area (Å²) in [5.41, 5.74) is -0.0206. The first kappa shape index (κ1) is 15.0. The minimum Gasteiger partial charge on any atom is -0.342 e. The monoisotopic (exact) mass is 254 g/mol. The summed E-state index contributed by atoms with van der Waals surface area (Å²) in [6.07, 6.45) is 0.883. The van der Waals surface area contributed by atoms with Crippen LogP contribution in [-0.2, 0) is 9.59 Å². The van der Waals surface area contributed by atoms with Crippen LogP contribution in [0.3, 0.4) is 0 Å². The van der Waals surface area contributed by atoms with Crippen LogP contribution in [0.1, 0.15) is 48.0 Å². The van der Waals surface area contributed by atoms with Gasteiger partial charge in [-0.15, -0.1) is 0 Å². The molecule has 0 bridgehead atoms. The highest BCUT2D eigenvalue weighted by Crippen LogP contribution is 2.26. The standard InChI is InChI=1S/C14H26N2O2/c1-7-9(2)12-13(18)16(8-11(17)15-12)10(3)14(4,5)6/h9-10,12H,7-8H2,1-6H3,(H,15,17).